The summed E-state index contributed by atoms with van der Waals surface area (Å²) in [5.41, 5.74) is 8.11. The molecule has 50 heavy (non-hydrogen) atoms. The number of halogens is 4. The number of aryl methyl sites for hydroxylation is 3. The standard InChI is InChI=1S/C43H41F4NO2/c1-26-19-27(2)39(28(3)20-26)41(49)36-23-35-34-22-30(21-31-13-7-10-16-38(31)50-25-43(46,47)42(44)45)17-18-37(34)48(24-29-11-5-4-6-12-29)40(35)33-15-9-8-14-32(33)36/h7-10,13-20,22-23,29,42H,4-6,11-12,21,24-25H2,1-3H3. The largest absolute Gasteiger partial charge is 0.487 e. The Bertz CT molecular complexity index is 2210. The molecule has 0 N–H and O–H groups in total. The molecule has 6 aromatic rings. The highest BCUT2D eigenvalue weighted by atomic mass is 19.3. The Balaban J connectivity index is 1.39. The number of carbonyl (C=O) groups is 1. The predicted octanol–water partition coefficient (Wildman–Crippen LogP) is 11.6. The van der Waals surface area contributed by atoms with Gasteiger partial charge in [0.1, 0.15) is 5.75 Å². The van der Waals surface area contributed by atoms with Gasteiger partial charge in [-0.3, -0.25) is 4.79 Å². The molecule has 1 saturated carbocycles. The Morgan fingerprint density at radius 3 is 2.22 bits per heavy atom. The van der Waals surface area contributed by atoms with E-state index in [1.165, 1.54) is 38.2 Å². The molecule has 1 heterocycles. The zero-order valence-electron chi connectivity index (χ0n) is 28.7. The van der Waals surface area contributed by atoms with Crippen molar-refractivity contribution in [3.63, 3.8) is 0 Å². The second-order valence-electron chi connectivity index (χ2n) is 14.1. The van der Waals surface area contributed by atoms with Crippen molar-refractivity contribution in [1.82, 2.24) is 4.57 Å². The van der Waals surface area contributed by atoms with Crippen LogP contribution < -0.4 is 4.74 Å². The minimum absolute atomic E-state index is 0.00545. The zero-order valence-corrected chi connectivity index (χ0v) is 28.7. The maximum Gasteiger partial charge on any atom is 0.340 e. The molecule has 0 saturated heterocycles. The maximum atomic E-state index is 14.5. The minimum atomic E-state index is -4.25. The predicted molar refractivity (Wildman–Crippen MR) is 193 cm³/mol. The molecular formula is C43H41F4NO2. The summed E-state index contributed by atoms with van der Waals surface area (Å²) >= 11 is 0. The quantitative estimate of drug-likeness (QED) is 0.107. The molecule has 0 spiro atoms. The summed E-state index contributed by atoms with van der Waals surface area (Å²) in [4.78, 5) is 14.5. The first kappa shape index (κ1) is 33.8. The van der Waals surface area contributed by atoms with Gasteiger partial charge in [0.25, 0.3) is 0 Å². The first-order valence-corrected chi connectivity index (χ1v) is 17.5. The number of benzene rings is 5. The van der Waals surface area contributed by atoms with Crippen LogP contribution in [0.3, 0.4) is 0 Å². The first-order chi connectivity index (χ1) is 24.0. The molecule has 0 atom stereocenters. The van der Waals surface area contributed by atoms with Crippen LogP contribution in [0.15, 0.2) is 84.9 Å². The molecule has 1 fully saturated rings. The molecule has 7 heteroatoms. The van der Waals surface area contributed by atoms with Gasteiger partial charge < -0.3 is 9.30 Å². The van der Waals surface area contributed by atoms with Crippen molar-refractivity contribution in [2.45, 2.75) is 78.2 Å². The Kier molecular flexibility index (Phi) is 9.19. The fourth-order valence-electron chi connectivity index (χ4n) is 8.05. The van der Waals surface area contributed by atoms with Crippen LogP contribution in [0.2, 0.25) is 0 Å². The molecule has 7 rings (SSSR count). The van der Waals surface area contributed by atoms with Crippen LogP contribution in [0.25, 0.3) is 32.6 Å². The van der Waals surface area contributed by atoms with Crippen molar-refractivity contribution in [3.8, 4) is 5.75 Å². The SMILES string of the molecule is Cc1cc(C)c(C(=O)c2cc3c4cc(Cc5ccccc5OCC(F)(F)C(F)F)ccc4n(CC4CCCCC4)c3c3ccccc23)c(C)c1. The minimum Gasteiger partial charge on any atom is -0.487 e. The first-order valence-electron chi connectivity index (χ1n) is 17.5. The number of ketones is 1. The van der Waals surface area contributed by atoms with Crippen LogP contribution in [-0.4, -0.2) is 29.3 Å². The molecule has 0 radical (unpaired) electrons. The summed E-state index contributed by atoms with van der Waals surface area (Å²) in [6.07, 6.45) is 2.63. The highest BCUT2D eigenvalue weighted by molar-refractivity contribution is 6.26. The van der Waals surface area contributed by atoms with Crippen molar-refractivity contribution in [1.29, 1.82) is 0 Å². The number of rotatable bonds is 10. The molecule has 0 bridgehead atoms. The van der Waals surface area contributed by atoms with Gasteiger partial charge in [-0.25, -0.2) is 8.78 Å². The summed E-state index contributed by atoms with van der Waals surface area (Å²) in [6, 6.07) is 27.3. The molecule has 0 amide bonds. The lowest BCUT2D eigenvalue weighted by atomic mass is 9.89. The lowest BCUT2D eigenvalue weighted by Gasteiger charge is -2.23. The van der Waals surface area contributed by atoms with E-state index < -0.39 is 19.0 Å². The van der Waals surface area contributed by atoms with Crippen molar-refractivity contribution >= 4 is 38.4 Å². The van der Waals surface area contributed by atoms with Crippen LogP contribution in [0, 0.1) is 26.7 Å². The maximum absolute atomic E-state index is 14.5. The Labute approximate surface area is 289 Å². The highest BCUT2D eigenvalue weighted by Gasteiger charge is 2.42. The van der Waals surface area contributed by atoms with E-state index in [4.69, 9.17) is 4.74 Å². The third-order valence-corrected chi connectivity index (χ3v) is 10.3. The number of carbonyl (C=O) groups excluding carboxylic acids is 1. The number of ether oxygens (including phenoxy) is 1. The van der Waals surface area contributed by atoms with Crippen LogP contribution in [0.5, 0.6) is 5.75 Å². The monoisotopic (exact) mass is 679 g/mol. The van der Waals surface area contributed by atoms with Crippen LogP contribution >= 0.6 is 0 Å². The van der Waals surface area contributed by atoms with Crippen molar-refractivity contribution < 1.29 is 27.1 Å². The van der Waals surface area contributed by atoms with E-state index in [1.54, 1.807) is 18.2 Å². The van der Waals surface area contributed by atoms with E-state index in [0.717, 1.165) is 66.9 Å². The second kappa shape index (κ2) is 13.6. The normalized spacial score (nSPS) is 14.3. The molecule has 0 aliphatic heterocycles. The van der Waals surface area contributed by atoms with Crippen LogP contribution in [0.1, 0.15) is 75.8 Å². The number of aromatic nitrogens is 1. The molecule has 258 valence electrons. The summed E-state index contributed by atoms with van der Waals surface area (Å²) in [5, 5.41) is 3.95. The number of nitrogens with zero attached hydrogens (tertiary/aromatic N) is 1. The van der Waals surface area contributed by atoms with E-state index in [-0.39, 0.29) is 11.5 Å². The number of fused-ring (bicyclic) bond motifs is 5. The summed E-state index contributed by atoms with van der Waals surface area (Å²) in [6.45, 7) is 5.50. The van der Waals surface area contributed by atoms with Crippen LogP contribution in [0.4, 0.5) is 17.6 Å². The number of alkyl halides is 4. The third-order valence-electron chi connectivity index (χ3n) is 10.3. The zero-order chi connectivity index (χ0) is 35.2. The second-order valence-corrected chi connectivity index (χ2v) is 14.1. The van der Waals surface area contributed by atoms with E-state index >= 15 is 0 Å². The smallest absolute Gasteiger partial charge is 0.340 e. The third kappa shape index (κ3) is 6.38. The van der Waals surface area contributed by atoms with Gasteiger partial charge in [-0.05, 0) is 91.4 Å². The van der Waals surface area contributed by atoms with Gasteiger partial charge in [0.15, 0.2) is 12.4 Å². The molecule has 5 aromatic carbocycles. The molecule has 0 unspecified atom stereocenters. The Morgan fingerprint density at radius 1 is 0.820 bits per heavy atom. The van der Waals surface area contributed by atoms with Gasteiger partial charge in [-0.2, -0.15) is 8.78 Å². The van der Waals surface area contributed by atoms with E-state index in [9.17, 15) is 22.4 Å². The molecule has 3 nitrogen and oxygen atoms in total. The number of hydrogen-bond acceptors (Lipinski definition) is 2. The highest BCUT2D eigenvalue weighted by Crippen LogP contribution is 2.40. The van der Waals surface area contributed by atoms with Gasteiger partial charge in [0.05, 0.1) is 5.52 Å². The average molecular weight is 680 g/mol. The van der Waals surface area contributed by atoms with Crippen LogP contribution in [-0.2, 0) is 13.0 Å². The van der Waals surface area contributed by atoms with Crippen molar-refractivity contribution in [2.24, 2.45) is 5.92 Å². The van der Waals surface area contributed by atoms with Gasteiger partial charge in [0, 0.05) is 45.8 Å². The van der Waals surface area contributed by atoms with Crippen molar-refractivity contribution in [2.75, 3.05) is 6.61 Å². The molecule has 1 aliphatic carbocycles. The van der Waals surface area contributed by atoms with Gasteiger partial charge >= 0.3 is 12.3 Å². The van der Waals surface area contributed by atoms with Gasteiger partial charge in [-0.1, -0.05) is 85.5 Å². The van der Waals surface area contributed by atoms with Gasteiger partial charge in [0.2, 0.25) is 0 Å². The Hall–Kier alpha value is -4.65. The van der Waals surface area contributed by atoms with Crippen molar-refractivity contribution in [3.05, 3.63) is 124 Å². The van der Waals surface area contributed by atoms with E-state index in [1.807, 2.05) is 45.0 Å². The number of para-hydroxylation sites is 1. The fourth-order valence-corrected chi connectivity index (χ4v) is 8.05. The topological polar surface area (TPSA) is 31.2 Å². The average Bonchev–Trinajstić information content (AvgIpc) is 3.39. The fraction of sp³-hybridized carbons (Fsp3) is 0.326. The Morgan fingerprint density at radius 2 is 1.50 bits per heavy atom. The molecule has 1 aromatic heterocycles. The molecule has 1 aliphatic rings. The summed E-state index contributed by atoms with van der Waals surface area (Å²) in [5.74, 6) is -3.56. The summed E-state index contributed by atoms with van der Waals surface area (Å²) < 4.78 is 60.9. The number of hydrogen-bond donors (Lipinski definition) is 0. The molecular weight excluding hydrogens is 638 g/mol. The van der Waals surface area contributed by atoms with Gasteiger partial charge in [-0.15, -0.1) is 0 Å². The lowest BCUT2D eigenvalue weighted by Crippen LogP contribution is -2.33. The lowest BCUT2D eigenvalue weighted by molar-refractivity contribution is -0.148. The summed E-state index contributed by atoms with van der Waals surface area (Å²) in [7, 11) is 0. The van der Waals surface area contributed by atoms with E-state index in [0.29, 0.717) is 23.5 Å². The van der Waals surface area contributed by atoms with E-state index in [2.05, 4.69) is 41.0 Å².